The van der Waals surface area contributed by atoms with E-state index in [2.05, 4.69) is 14.9 Å². The number of nitrogen functional groups attached to an aromatic ring is 1. The average Bonchev–Trinajstić information content (AvgIpc) is 2.17. The molecule has 15 heavy (non-hydrogen) atoms. The zero-order valence-corrected chi connectivity index (χ0v) is 8.94. The highest BCUT2D eigenvalue weighted by Gasteiger charge is 2.12. The van der Waals surface area contributed by atoms with Crippen LogP contribution < -0.4 is 5.73 Å². The van der Waals surface area contributed by atoms with Crippen LogP contribution in [0.15, 0.2) is 6.07 Å². The molecule has 0 aromatic carbocycles. The molecule has 0 atom stereocenters. The first kappa shape index (κ1) is 10.3. The third-order valence-electron chi connectivity index (χ3n) is 2.39. The molecule has 1 aromatic rings. The second kappa shape index (κ2) is 4.55. The van der Waals surface area contributed by atoms with Crippen molar-refractivity contribution in [3.63, 3.8) is 0 Å². The van der Waals surface area contributed by atoms with Crippen molar-refractivity contribution in [1.29, 1.82) is 0 Å². The number of rotatable bonds is 2. The Morgan fingerprint density at radius 2 is 2.13 bits per heavy atom. The number of nitrogens with zero attached hydrogens (tertiary/aromatic N) is 3. The van der Waals surface area contributed by atoms with Crippen molar-refractivity contribution < 1.29 is 4.74 Å². The number of nitrogens with two attached hydrogens (primary N) is 1. The second-order valence-electron chi connectivity index (χ2n) is 3.74. The standard InChI is InChI=1S/C10H16N4O/c1-8-6-9(11)13-10(12-8)7-14-2-4-15-5-3-14/h6H,2-5,7H2,1H3,(H2,11,12,13). The molecule has 0 saturated carbocycles. The zero-order valence-electron chi connectivity index (χ0n) is 8.94. The Morgan fingerprint density at radius 1 is 1.40 bits per heavy atom. The molecule has 1 aliphatic heterocycles. The molecule has 2 rings (SSSR count). The zero-order chi connectivity index (χ0) is 10.7. The Labute approximate surface area is 89.3 Å². The lowest BCUT2D eigenvalue weighted by Gasteiger charge is -2.25. The third kappa shape index (κ3) is 2.87. The van der Waals surface area contributed by atoms with Gasteiger partial charge in [-0.1, -0.05) is 0 Å². The van der Waals surface area contributed by atoms with Crippen LogP contribution in [-0.2, 0) is 11.3 Å². The van der Waals surface area contributed by atoms with E-state index in [1.54, 1.807) is 6.07 Å². The van der Waals surface area contributed by atoms with Crippen molar-refractivity contribution in [1.82, 2.24) is 14.9 Å². The van der Waals surface area contributed by atoms with E-state index in [1.807, 2.05) is 6.92 Å². The summed E-state index contributed by atoms with van der Waals surface area (Å²) in [6.07, 6.45) is 0. The number of morpholine rings is 1. The van der Waals surface area contributed by atoms with Crippen molar-refractivity contribution in [2.75, 3.05) is 32.0 Å². The Morgan fingerprint density at radius 3 is 2.80 bits per heavy atom. The number of aromatic nitrogens is 2. The highest BCUT2D eigenvalue weighted by Crippen LogP contribution is 2.06. The van der Waals surface area contributed by atoms with E-state index >= 15 is 0 Å². The summed E-state index contributed by atoms with van der Waals surface area (Å²) in [6, 6.07) is 1.78. The number of anilines is 1. The van der Waals surface area contributed by atoms with E-state index in [-0.39, 0.29) is 0 Å². The van der Waals surface area contributed by atoms with Crippen LogP contribution >= 0.6 is 0 Å². The molecule has 1 aliphatic rings. The first-order valence-corrected chi connectivity index (χ1v) is 5.14. The van der Waals surface area contributed by atoms with Crippen LogP contribution in [0.1, 0.15) is 11.5 Å². The summed E-state index contributed by atoms with van der Waals surface area (Å²) in [5, 5.41) is 0. The van der Waals surface area contributed by atoms with E-state index < -0.39 is 0 Å². The fourth-order valence-corrected chi connectivity index (χ4v) is 1.69. The fourth-order valence-electron chi connectivity index (χ4n) is 1.69. The molecular weight excluding hydrogens is 192 g/mol. The van der Waals surface area contributed by atoms with E-state index in [1.165, 1.54) is 0 Å². The van der Waals surface area contributed by atoms with Crippen LogP contribution in [0, 0.1) is 6.92 Å². The monoisotopic (exact) mass is 208 g/mol. The SMILES string of the molecule is Cc1cc(N)nc(CN2CCOCC2)n1. The molecule has 2 N–H and O–H groups in total. The van der Waals surface area contributed by atoms with Crippen LogP contribution in [0.4, 0.5) is 5.82 Å². The average molecular weight is 208 g/mol. The lowest BCUT2D eigenvalue weighted by atomic mass is 10.3. The Bertz CT molecular complexity index is 316. The molecule has 0 amide bonds. The molecule has 0 spiro atoms. The molecule has 0 bridgehead atoms. The Hall–Kier alpha value is -1.20. The van der Waals surface area contributed by atoms with E-state index in [0.29, 0.717) is 5.82 Å². The quantitative estimate of drug-likeness (QED) is 0.752. The van der Waals surface area contributed by atoms with Gasteiger partial charge >= 0.3 is 0 Å². The van der Waals surface area contributed by atoms with Crippen molar-refractivity contribution in [3.05, 3.63) is 17.6 Å². The summed E-state index contributed by atoms with van der Waals surface area (Å²) in [4.78, 5) is 10.8. The predicted molar refractivity (Wildman–Crippen MR) is 57.3 cm³/mol. The molecule has 1 saturated heterocycles. The molecule has 2 heterocycles. The largest absolute Gasteiger partial charge is 0.384 e. The van der Waals surface area contributed by atoms with E-state index in [0.717, 1.165) is 44.4 Å². The lowest BCUT2D eigenvalue weighted by Crippen LogP contribution is -2.36. The summed E-state index contributed by atoms with van der Waals surface area (Å²) < 4.78 is 5.28. The fraction of sp³-hybridized carbons (Fsp3) is 0.600. The minimum Gasteiger partial charge on any atom is -0.384 e. The first-order chi connectivity index (χ1) is 7.24. The van der Waals surface area contributed by atoms with Crippen LogP contribution in [0.2, 0.25) is 0 Å². The van der Waals surface area contributed by atoms with Gasteiger partial charge in [0.2, 0.25) is 0 Å². The lowest BCUT2D eigenvalue weighted by molar-refractivity contribution is 0.0330. The van der Waals surface area contributed by atoms with Crippen LogP contribution in [-0.4, -0.2) is 41.2 Å². The number of aryl methyl sites for hydroxylation is 1. The molecule has 0 unspecified atom stereocenters. The van der Waals surface area contributed by atoms with Gasteiger partial charge in [-0.25, -0.2) is 9.97 Å². The normalized spacial score (nSPS) is 17.9. The van der Waals surface area contributed by atoms with E-state index in [9.17, 15) is 0 Å². The van der Waals surface area contributed by atoms with Crippen molar-refractivity contribution in [2.24, 2.45) is 0 Å². The minimum absolute atomic E-state index is 0.547. The van der Waals surface area contributed by atoms with Crippen molar-refractivity contribution in [2.45, 2.75) is 13.5 Å². The summed E-state index contributed by atoms with van der Waals surface area (Å²) in [5.74, 6) is 1.35. The second-order valence-corrected chi connectivity index (χ2v) is 3.74. The highest BCUT2D eigenvalue weighted by molar-refractivity contribution is 5.29. The van der Waals surface area contributed by atoms with Gasteiger partial charge in [0.05, 0.1) is 19.8 Å². The molecule has 5 nitrogen and oxygen atoms in total. The number of hydrogen-bond acceptors (Lipinski definition) is 5. The first-order valence-electron chi connectivity index (χ1n) is 5.14. The Balaban J connectivity index is 2.02. The molecular formula is C10H16N4O. The molecule has 0 radical (unpaired) electrons. The summed E-state index contributed by atoms with van der Waals surface area (Å²) >= 11 is 0. The maximum absolute atomic E-state index is 5.67. The molecule has 1 fully saturated rings. The molecule has 1 aromatic heterocycles. The minimum atomic E-state index is 0.547. The molecule has 82 valence electrons. The summed E-state index contributed by atoms with van der Waals surface area (Å²) in [6.45, 7) is 6.16. The van der Waals surface area contributed by atoms with Gasteiger partial charge in [-0.2, -0.15) is 0 Å². The molecule has 5 heteroatoms. The highest BCUT2D eigenvalue weighted by atomic mass is 16.5. The number of hydrogen-bond donors (Lipinski definition) is 1. The van der Waals surface area contributed by atoms with Gasteiger partial charge in [0.1, 0.15) is 11.6 Å². The summed E-state index contributed by atoms with van der Waals surface area (Å²) in [5.41, 5.74) is 6.59. The summed E-state index contributed by atoms with van der Waals surface area (Å²) in [7, 11) is 0. The van der Waals surface area contributed by atoms with Crippen LogP contribution in [0.25, 0.3) is 0 Å². The third-order valence-corrected chi connectivity index (χ3v) is 2.39. The van der Waals surface area contributed by atoms with Crippen molar-refractivity contribution in [3.8, 4) is 0 Å². The van der Waals surface area contributed by atoms with Gasteiger partial charge < -0.3 is 10.5 Å². The van der Waals surface area contributed by atoms with Crippen LogP contribution in [0.5, 0.6) is 0 Å². The van der Waals surface area contributed by atoms with E-state index in [4.69, 9.17) is 10.5 Å². The van der Waals surface area contributed by atoms with Gasteiger partial charge in [-0.3, -0.25) is 4.90 Å². The van der Waals surface area contributed by atoms with Gasteiger partial charge in [-0.05, 0) is 6.92 Å². The van der Waals surface area contributed by atoms with Gasteiger partial charge in [0.25, 0.3) is 0 Å². The maximum atomic E-state index is 5.67. The van der Waals surface area contributed by atoms with Crippen molar-refractivity contribution >= 4 is 5.82 Å². The predicted octanol–water partition coefficient (Wildman–Crippen LogP) is 0.199. The molecule has 0 aliphatic carbocycles. The van der Waals surface area contributed by atoms with Gasteiger partial charge in [0, 0.05) is 24.8 Å². The maximum Gasteiger partial charge on any atom is 0.144 e. The van der Waals surface area contributed by atoms with Gasteiger partial charge in [0.15, 0.2) is 0 Å². The Kier molecular flexibility index (Phi) is 3.13. The smallest absolute Gasteiger partial charge is 0.144 e. The number of ether oxygens (including phenoxy) is 1. The van der Waals surface area contributed by atoms with Gasteiger partial charge in [-0.15, -0.1) is 0 Å². The topological polar surface area (TPSA) is 64.3 Å². The van der Waals surface area contributed by atoms with Crippen LogP contribution in [0.3, 0.4) is 0 Å².